The predicted molar refractivity (Wildman–Crippen MR) is 62.2 cm³/mol. The zero-order valence-corrected chi connectivity index (χ0v) is 9.49. The number of rotatable bonds is 2. The van der Waals surface area contributed by atoms with Gasteiger partial charge in [0, 0.05) is 12.0 Å². The Morgan fingerprint density at radius 3 is 3.00 bits per heavy atom. The van der Waals surface area contributed by atoms with Crippen LogP contribution < -0.4 is 10.5 Å². The van der Waals surface area contributed by atoms with Crippen molar-refractivity contribution in [3.8, 4) is 5.75 Å². The van der Waals surface area contributed by atoms with Gasteiger partial charge in [0.05, 0.1) is 6.61 Å². The molecule has 1 heterocycles. The van der Waals surface area contributed by atoms with Crippen LogP contribution in [0.3, 0.4) is 0 Å². The van der Waals surface area contributed by atoms with Crippen LogP contribution in [0.5, 0.6) is 5.75 Å². The molecule has 0 aromatic heterocycles. The van der Waals surface area contributed by atoms with Crippen molar-refractivity contribution >= 4 is 0 Å². The molecule has 15 heavy (non-hydrogen) atoms. The largest absolute Gasteiger partial charge is 0.493 e. The Labute approximate surface area is 91.4 Å². The second-order valence-corrected chi connectivity index (χ2v) is 4.39. The van der Waals surface area contributed by atoms with Crippen LogP contribution in [0.1, 0.15) is 25.0 Å². The highest BCUT2D eigenvalue weighted by Gasteiger charge is 2.23. The summed E-state index contributed by atoms with van der Waals surface area (Å²) in [7, 11) is 0. The fourth-order valence-electron chi connectivity index (χ4n) is 2.13. The van der Waals surface area contributed by atoms with Crippen molar-refractivity contribution in [1.29, 1.82) is 0 Å². The first-order valence-corrected chi connectivity index (χ1v) is 5.71. The van der Waals surface area contributed by atoms with Crippen molar-refractivity contribution in [3.63, 3.8) is 0 Å². The number of hydrogen-bond acceptors (Lipinski definition) is 2. The minimum Gasteiger partial charge on any atom is -0.493 e. The monoisotopic (exact) mass is 205 g/mol. The lowest BCUT2D eigenvalue weighted by Gasteiger charge is -2.29. The third-order valence-corrected chi connectivity index (χ3v) is 3.23. The van der Waals surface area contributed by atoms with E-state index in [0.29, 0.717) is 5.92 Å². The molecular weight excluding hydrogens is 186 g/mol. The number of nitrogens with two attached hydrogens (primary N) is 1. The summed E-state index contributed by atoms with van der Waals surface area (Å²) in [6.07, 6.45) is 2.09. The van der Waals surface area contributed by atoms with Crippen LogP contribution in [-0.2, 0) is 12.8 Å². The van der Waals surface area contributed by atoms with Gasteiger partial charge in [-0.05, 0) is 30.9 Å². The molecule has 2 rings (SSSR count). The van der Waals surface area contributed by atoms with Crippen molar-refractivity contribution in [2.24, 2.45) is 11.7 Å². The van der Waals surface area contributed by atoms with Crippen LogP contribution in [0.4, 0.5) is 0 Å². The summed E-state index contributed by atoms with van der Waals surface area (Å²) in [6.45, 7) is 4.99. The van der Waals surface area contributed by atoms with Crippen LogP contribution in [0.25, 0.3) is 0 Å². The molecule has 0 fully saturated rings. The maximum atomic E-state index is 5.91. The van der Waals surface area contributed by atoms with Gasteiger partial charge in [0.1, 0.15) is 5.75 Å². The van der Waals surface area contributed by atoms with Gasteiger partial charge in [-0.1, -0.05) is 25.1 Å². The molecule has 0 saturated heterocycles. The van der Waals surface area contributed by atoms with Crippen molar-refractivity contribution in [2.45, 2.75) is 32.7 Å². The second-order valence-electron chi connectivity index (χ2n) is 4.39. The van der Waals surface area contributed by atoms with Crippen molar-refractivity contribution in [2.75, 3.05) is 6.61 Å². The van der Waals surface area contributed by atoms with Crippen LogP contribution in [0.2, 0.25) is 0 Å². The highest BCUT2D eigenvalue weighted by atomic mass is 16.5. The lowest BCUT2D eigenvalue weighted by atomic mass is 9.90. The molecule has 0 amide bonds. The lowest BCUT2D eigenvalue weighted by Crippen LogP contribution is -2.35. The van der Waals surface area contributed by atoms with E-state index >= 15 is 0 Å². The highest BCUT2D eigenvalue weighted by Crippen LogP contribution is 2.31. The SMILES string of the molecule is CCc1cccc2c1OCC([C@H](C)N)C2. The molecule has 1 unspecified atom stereocenters. The third-order valence-electron chi connectivity index (χ3n) is 3.23. The molecule has 0 radical (unpaired) electrons. The summed E-state index contributed by atoms with van der Waals surface area (Å²) in [5, 5.41) is 0. The first kappa shape index (κ1) is 10.5. The standard InChI is InChI=1S/C13H19NO/c1-3-10-5-4-6-11-7-12(9(2)14)8-15-13(10)11/h4-6,9,12H,3,7-8,14H2,1-2H3/t9-,12?/m0/s1. The van der Waals surface area contributed by atoms with E-state index in [0.717, 1.165) is 25.2 Å². The molecule has 1 aliphatic rings. The number of benzene rings is 1. The van der Waals surface area contributed by atoms with E-state index in [4.69, 9.17) is 10.5 Å². The van der Waals surface area contributed by atoms with Gasteiger partial charge in [-0.25, -0.2) is 0 Å². The lowest BCUT2D eigenvalue weighted by molar-refractivity contribution is 0.202. The molecule has 1 aliphatic heterocycles. The number of hydrogen-bond donors (Lipinski definition) is 1. The first-order chi connectivity index (χ1) is 7.22. The van der Waals surface area contributed by atoms with Crippen molar-refractivity contribution in [1.82, 2.24) is 0 Å². The average molecular weight is 205 g/mol. The Balaban J connectivity index is 2.27. The number of para-hydroxylation sites is 1. The Morgan fingerprint density at radius 1 is 1.53 bits per heavy atom. The molecule has 82 valence electrons. The van der Waals surface area contributed by atoms with Gasteiger partial charge in [-0.2, -0.15) is 0 Å². The molecule has 2 nitrogen and oxygen atoms in total. The van der Waals surface area contributed by atoms with Crippen LogP contribution in [-0.4, -0.2) is 12.6 Å². The van der Waals surface area contributed by atoms with E-state index in [1.54, 1.807) is 0 Å². The fourth-order valence-corrected chi connectivity index (χ4v) is 2.13. The van der Waals surface area contributed by atoms with Gasteiger partial charge >= 0.3 is 0 Å². The van der Waals surface area contributed by atoms with E-state index in [-0.39, 0.29) is 6.04 Å². The molecule has 0 bridgehead atoms. The predicted octanol–water partition coefficient (Wildman–Crippen LogP) is 2.15. The summed E-state index contributed by atoms with van der Waals surface area (Å²) in [5.74, 6) is 1.57. The van der Waals surface area contributed by atoms with Crippen LogP contribution in [0.15, 0.2) is 18.2 Å². The third kappa shape index (κ3) is 2.00. The van der Waals surface area contributed by atoms with Gasteiger partial charge in [-0.15, -0.1) is 0 Å². The molecule has 1 aromatic rings. The smallest absolute Gasteiger partial charge is 0.125 e. The zero-order chi connectivity index (χ0) is 10.8. The van der Waals surface area contributed by atoms with Crippen molar-refractivity contribution in [3.05, 3.63) is 29.3 Å². The molecular formula is C13H19NO. The Morgan fingerprint density at radius 2 is 2.33 bits per heavy atom. The summed E-state index contributed by atoms with van der Waals surface area (Å²) in [5.41, 5.74) is 8.55. The second kappa shape index (κ2) is 4.23. The summed E-state index contributed by atoms with van der Waals surface area (Å²) < 4.78 is 5.84. The van der Waals surface area contributed by atoms with Crippen LogP contribution >= 0.6 is 0 Å². The average Bonchev–Trinajstić information content (AvgIpc) is 2.27. The number of aryl methyl sites for hydroxylation is 1. The maximum Gasteiger partial charge on any atom is 0.125 e. The van der Waals surface area contributed by atoms with Gasteiger partial charge in [0.25, 0.3) is 0 Å². The molecule has 2 N–H and O–H groups in total. The summed E-state index contributed by atoms with van der Waals surface area (Å²) >= 11 is 0. The van der Waals surface area contributed by atoms with E-state index in [2.05, 4.69) is 32.0 Å². The first-order valence-electron chi connectivity index (χ1n) is 5.71. The minimum atomic E-state index is 0.212. The number of fused-ring (bicyclic) bond motifs is 1. The van der Waals surface area contributed by atoms with Gasteiger partial charge in [0.2, 0.25) is 0 Å². The summed E-state index contributed by atoms with van der Waals surface area (Å²) in [4.78, 5) is 0. The van der Waals surface area contributed by atoms with Gasteiger partial charge in [-0.3, -0.25) is 0 Å². The van der Waals surface area contributed by atoms with Gasteiger partial charge in [0.15, 0.2) is 0 Å². The molecule has 0 saturated carbocycles. The Bertz CT molecular complexity index is 346. The minimum absolute atomic E-state index is 0.212. The van der Waals surface area contributed by atoms with Gasteiger partial charge < -0.3 is 10.5 Å². The molecule has 0 aliphatic carbocycles. The summed E-state index contributed by atoms with van der Waals surface area (Å²) in [6, 6.07) is 6.63. The molecule has 0 spiro atoms. The Hall–Kier alpha value is -1.02. The Kier molecular flexibility index (Phi) is 2.96. The van der Waals surface area contributed by atoms with E-state index in [9.17, 15) is 0 Å². The number of ether oxygens (including phenoxy) is 1. The van der Waals surface area contributed by atoms with Crippen LogP contribution in [0, 0.1) is 5.92 Å². The molecule has 2 atom stereocenters. The molecule has 2 heteroatoms. The van der Waals surface area contributed by atoms with E-state index < -0.39 is 0 Å². The van der Waals surface area contributed by atoms with Crippen molar-refractivity contribution < 1.29 is 4.74 Å². The molecule has 1 aromatic carbocycles. The normalized spacial score (nSPS) is 21.7. The topological polar surface area (TPSA) is 35.2 Å². The maximum absolute atomic E-state index is 5.91. The fraction of sp³-hybridized carbons (Fsp3) is 0.538. The zero-order valence-electron chi connectivity index (χ0n) is 9.49. The van der Waals surface area contributed by atoms with E-state index in [1.165, 1.54) is 11.1 Å². The quantitative estimate of drug-likeness (QED) is 0.803. The highest BCUT2D eigenvalue weighted by molar-refractivity contribution is 5.43. The van der Waals surface area contributed by atoms with E-state index in [1.807, 2.05) is 0 Å².